The van der Waals surface area contributed by atoms with Crippen molar-refractivity contribution >= 4 is 11.3 Å². The second-order valence-corrected chi connectivity index (χ2v) is 7.36. The van der Waals surface area contributed by atoms with Crippen molar-refractivity contribution in [3.05, 3.63) is 21.9 Å². The molecule has 0 aromatic carbocycles. The van der Waals surface area contributed by atoms with E-state index in [1.807, 2.05) is 11.3 Å². The molecule has 0 unspecified atom stereocenters. The topological polar surface area (TPSA) is 15.3 Å². The smallest absolute Gasteiger partial charge is 0.0331 e. The van der Waals surface area contributed by atoms with E-state index >= 15 is 0 Å². The summed E-state index contributed by atoms with van der Waals surface area (Å²) in [5.74, 6) is 0. The molecule has 3 heteroatoms. The Hall–Kier alpha value is -0.380. The summed E-state index contributed by atoms with van der Waals surface area (Å²) in [4.78, 5) is 4.26. The average Bonchev–Trinajstić information content (AvgIpc) is 2.71. The average molecular weight is 278 g/mol. The zero-order valence-electron chi connectivity index (χ0n) is 12.1. The van der Waals surface area contributed by atoms with E-state index in [1.54, 1.807) is 4.88 Å². The van der Waals surface area contributed by atoms with Crippen LogP contribution < -0.4 is 5.32 Å². The van der Waals surface area contributed by atoms with Crippen molar-refractivity contribution in [3.63, 3.8) is 0 Å². The first-order valence-electron chi connectivity index (χ1n) is 7.78. The van der Waals surface area contributed by atoms with Crippen LogP contribution in [-0.4, -0.2) is 30.1 Å². The van der Waals surface area contributed by atoms with Gasteiger partial charge in [0.2, 0.25) is 0 Å². The molecule has 1 aromatic heterocycles. The number of thiophene rings is 1. The minimum absolute atomic E-state index is 0.430. The Morgan fingerprint density at radius 1 is 1.26 bits per heavy atom. The van der Waals surface area contributed by atoms with Gasteiger partial charge < -0.3 is 5.32 Å². The highest BCUT2D eigenvalue weighted by Crippen LogP contribution is 2.31. The minimum Gasteiger partial charge on any atom is -0.310 e. The molecule has 1 saturated heterocycles. The third kappa shape index (κ3) is 3.21. The summed E-state index contributed by atoms with van der Waals surface area (Å²) in [7, 11) is 0. The van der Waals surface area contributed by atoms with Gasteiger partial charge in [0.05, 0.1) is 0 Å². The van der Waals surface area contributed by atoms with E-state index in [1.165, 1.54) is 63.7 Å². The molecular weight excluding hydrogens is 252 g/mol. The van der Waals surface area contributed by atoms with E-state index in [9.17, 15) is 0 Å². The Kier molecular flexibility index (Phi) is 4.25. The second-order valence-electron chi connectivity index (χ2n) is 6.36. The Labute approximate surface area is 121 Å². The molecule has 106 valence electrons. The van der Waals surface area contributed by atoms with Crippen LogP contribution in [0.25, 0.3) is 0 Å². The van der Waals surface area contributed by atoms with E-state index < -0.39 is 0 Å². The Morgan fingerprint density at radius 2 is 2.11 bits per heavy atom. The first-order chi connectivity index (χ1) is 9.27. The van der Waals surface area contributed by atoms with Crippen LogP contribution in [0.1, 0.15) is 49.0 Å². The molecule has 19 heavy (non-hydrogen) atoms. The Bertz CT molecular complexity index is 407. The highest BCUT2D eigenvalue weighted by atomic mass is 32.1. The summed E-state index contributed by atoms with van der Waals surface area (Å²) in [6.07, 6.45) is 8.33. The van der Waals surface area contributed by atoms with Crippen molar-refractivity contribution in [2.75, 3.05) is 19.6 Å². The molecule has 0 bridgehead atoms. The molecule has 2 fully saturated rings. The zero-order chi connectivity index (χ0) is 13.1. The van der Waals surface area contributed by atoms with E-state index in [0.29, 0.717) is 5.54 Å². The van der Waals surface area contributed by atoms with Gasteiger partial charge in [-0.3, -0.25) is 4.90 Å². The highest BCUT2D eigenvalue weighted by Gasteiger charge is 2.34. The molecule has 1 aliphatic heterocycles. The quantitative estimate of drug-likeness (QED) is 0.890. The van der Waals surface area contributed by atoms with Crippen LogP contribution in [0.15, 0.2) is 11.4 Å². The fraction of sp³-hybridized carbons (Fsp3) is 0.750. The number of nitrogens with zero attached hydrogens (tertiary/aromatic N) is 1. The molecule has 2 nitrogen and oxygen atoms in total. The van der Waals surface area contributed by atoms with Crippen LogP contribution in [0.5, 0.6) is 0 Å². The van der Waals surface area contributed by atoms with Crippen molar-refractivity contribution in [2.45, 2.75) is 57.5 Å². The van der Waals surface area contributed by atoms with E-state index in [2.05, 4.69) is 28.6 Å². The van der Waals surface area contributed by atoms with Crippen LogP contribution in [0.3, 0.4) is 0 Å². The molecule has 0 amide bonds. The number of rotatable bonds is 2. The van der Waals surface area contributed by atoms with Gasteiger partial charge in [-0.1, -0.05) is 19.3 Å². The maximum absolute atomic E-state index is 3.88. The van der Waals surface area contributed by atoms with E-state index in [4.69, 9.17) is 0 Å². The van der Waals surface area contributed by atoms with Gasteiger partial charge in [0.1, 0.15) is 0 Å². The summed E-state index contributed by atoms with van der Waals surface area (Å²) in [5.41, 5.74) is 1.90. The Morgan fingerprint density at radius 3 is 2.84 bits per heavy atom. The number of hydrogen-bond acceptors (Lipinski definition) is 3. The van der Waals surface area contributed by atoms with Crippen molar-refractivity contribution in [2.24, 2.45) is 0 Å². The predicted octanol–water partition coefficient (Wildman–Crippen LogP) is 3.55. The lowest BCUT2D eigenvalue weighted by molar-refractivity contribution is 0.160. The lowest BCUT2D eigenvalue weighted by atomic mass is 9.81. The number of hydrogen-bond donors (Lipinski definition) is 1. The molecule has 1 aromatic rings. The maximum atomic E-state index is 3.88. The molecule has 1 spiro atoms. The SMILES string of the molecule is Cc1ccsc1CN1CCCNC2(CCCCC2)C1. The lowest BCUT2D eigenvalue weighted by Gasteiger charge is -2.40. The van der Waals surface area contributed by atoms with Gasteiger partial charge in [-0.25, -0.2) is 0 Å². The van der Waals surface area contributed by atoms with Gasteiger partial charge in [0.15, 0.2) is 0 Å². The predicted molar refractivity (Wildman–Crippen MR) is 82.8 cm³/mol. The molecule has 1 saturated carbocycles. The summed E-state index contributed by atoms with van der Waals surface area (Å²) in [6, 6.07) is 2.26. The third-order valence-electron chi connectivity index (χ3n) is 4.82. The molecule has 1 aliphatic carbocycles. The first-order valence-corrected chi connectivity index (χ1v) is 8.66. The van der Waals surface area contributed by atoms with Gasteiger partial charge in [-0.05, 0) is 56.3 Å². The molecule has 0 atom stereocenters. The fourth-order valence-electron chi connectivity index (χ4n) is 3.69. The van der Waals surface area contributed by atoms with Crippen molar-refractivity contribution in [3.8, 4) is 0 Å². The molecule has 0 radical (unpaired) electrons. The minimum atomic E-state index is 0.430. The standard InChI is InChI=1S/C16H26N2S/c1-14-6-11-19-15(14)12-18-10-5-9-17-16(13-18)7-3-2-4-8-16/h6,11,17H,2-5,7-10,12-13H2,1H3. The van der Waals surface area contributed by atoms with Crippen molar-refractivity contribution in [1.29, 1.82) is 0 Å². The third-order valence-corrected chi connectivity index (χ3v) is 5.83. The molecule has 1 N–H and O–H groups in total. The van der Waals surface area contributed by atoms with Crippen molar-refractivity contribution in [1.82, 2.24) is 10.2 Å². The van der Waals surface area contributed by atoms with E-state index in [-0.39, 0.29) is 0 Å². The van der Waals surface area contributed by atoms with E-state index in [0.717, 1.165) is 6.54 Å². The fourth-order valence-corrected chi connectivity index (χ4v) is 4.63. The first kappa shape index (κ1) is 13.6. The molecule has 3 rings (SSSR count). The second kappa shape index (κ2) is 5.94. The molecule has 2 aliphatic rings. The van der Waals surface area contributed by atoms with Crippen LogP contribution >= 0.6 is 11.3 Å². The van der Waals surface area contributed by atoms with Gasteiger partial charge >= 0.3 is 0 Å². The zero-order valence-corrected chi connectivity index (χ0v) is 12.9. The van der Waals surface area contributed by atoms with Crippen LogP contribution in [0, 0.1) is 6.92 Å². The van der Waals surface area contributed by atoms with Gasteiger partial charge in [0, 0.05) is 23.5 Å². The van der Waals surface area contributed by atoms with Gasteiger partial charge in [0.25, 0.3) is 0 Å². The monoisotopic (exact) mass is 278 g/mol. The summed E-state index contributed by atoms with van der Waals surface area (Å²) >= 11 is 1.92. The number of nitrogens with one attached hydrogen (secondary N) is 1. The largest absolute Gasteiger partial charge is 0.310 e. The normalized spacial score (nSPS) is 24.5. The van der Waals surface area contributed by atoms with Crippen LogP contribution in [0.2, 0.25) is 0 Å². The lowest BCUT2D eigenvalue weighted by Crippen LogP contribution is -2.52. The van der Waals surface area contributed by atoms with Crippen LogP contribution in [-0.2, 0) is 6.54 Å². The van der Waals surface area contributed by atoms with Crippen molar-refractivity contribution < 1.29 is 0 Å². The van der Waals surface area contributed by atoms with Gasteiger partial charge in [-0.15, -0.1) is 11.3 Å². The van der Waals surface area contributed by atoms with Crippen LogP contribution in [0.4, 0.5) is 0 Å². The Balaban J connectivity index is 1.69. The number of aryl methyl sites for hydroxylation is 1. The maximum Gasteiger partial charge on any atom is 0.0331 e. The molecule has 2 heterocycles. The molecular formula is C16H26N2S. The summed E-state index contributed by atoms with van der Waals surface area (Å²) < 4.78 is 0. The van der Waals surface area contributed by atoms with Gasteiger partial charge in [-0.2, -0.15) is 0 Å². The summed E-state index contributed by atoms with van der Waals surface area (Å²) in [5, 5.41) is 6.12. The highest BCUT2D eigenvalue weighted by molar-refractivity contribution is 7.10. The summed E-state index contributed by atoms with van der Waals surface area (Å²) in [6.45, 7) is 7.13.